The lowest BCUT2D eigenvalue weighted by Crippen LogP contribution is -2.70. The Hall–Kier alpha value is -1.46. The molecule has 2 fully saturated rings. The highest BCUT2D eigenvalue weighted by Gasteiger charge is 2.63. The second-order valence-corrected chi connectivity index (χ2v) is 4.71. The number of piperidine rings is 1. The van der Waals surface area contributed by atoms with E-state index >= 15 is 0 Å². The van der Waals surface area contributed by atoms with Gasteiger partial charge in [0, 0.05) is 19.6 Å². The summed E-state index contributed by atoms with van der Waals surface area (Å²) in [5.74, 6) is -3.24. The third-order valence-electron chi connectivity index (χ3n) is 3.68. The average molecular weight is 244 g/mol. The van der Waals surface area contributed by atoms with Crippen LogP contribution >= 0.6 is 0 Å². The van der Waals surface area contributed by atoms with E-state index in [1.165, 1.54) is 4.90 Å². The van der Waals surface area contributed by atoms with Gasteiger partial charge in [-0.05, 0) is 12.5 Å². The van der Waals surface area contributed by atoms with Crippen molar-refractivity contribution in [1.82, 2.24) is 9.80 Å². The number of alkyl halides is 2. The third kappa shape index (κ3) is 1.71. The molecular formula is C11H14F2N2O2. The maximum Gasteiger partial charge on any atom is 0.274 e. The Kier molecular flexibility index (Phi) is 2.67. The van der Waals surface area contributed by atoms with Crippen molar-refractivity contribution in [3.05, 3.63) is 12.7 Å². The van der Waals surface area contributed by atoms with E-state index < -0.39 is 17.9 Å². The molecule has 6 heteroatoms. The third-order valence-corrected chi connectivity index (χ3v) is 3.68. The molecule has 2 saturated heterocycles. The second kappa shape index (κ2) is 3.78. The number of likely N-dealkylation sites (tertiary alicyclic amines) is 2. The first kappa shape index (κ1) is 12.0. The molecule has 0 saturated carbocycles. The number of halogens is 2. The molecule has 2 heterocycles. The van der Waals surface area contributed by atoms with Crippen LogP contribution in [-0.4, -0.2) is 54.2 Å². The minimum Gasteiger partial charge on any atom is -0.339 e. The molecule has 2 amide bonds. The molecule has 0 N–H and O–H groups in total. The van der Waals surface area contributed by atoms with Crippen molar-refractivity contribution in [2.24, 2.45) is 5.41 Å². The van der Waals surface area contributed by atoms with Crippen molar-refractivity contribution in [3.63, 3.8) is 0 Å². The van der Waals surface area contributed by atoms with Gasteiger partial charge in [-0.3, -0.25) is 9.59 Å². The van der Waals surface area contributed by atoms with Crippen LogP contribution in [0.5, 0.6) is 0 Å². The molecule has 1 spiro atoms. The SMILES string of the molecule is C=CC(=O)N1CC2(CCN(C=O)CC2(F)F)C1. The van der Waals surface area contributed by atoms with E-state index in [1.54, 1.807) is 0 Å². The van der Waals surface area contributed by atoms with Crippen molar-refractivity contribution >= 4 is 12.3 Å². The summed E-state index contributed by atoms with van der Waals surface area (Å²) in [6.07, 6.45) is 1.82. The van der Waals surface area contributed by atoms with E-state index in [-0.39, 0.29) is 25.4 Å². The zero-order valence-corrected chi connectivity index (χ0v) is 9.36. The minimum atomic E-state index is -2.93. The van der Waals surface area contributed by atoms with Crippen LogP contribution in [0.3, 0.4) is 0 Å². The van der Waals surface area contributed by atoms with Crippen molar-refractivity contribution in [1.29, 1.82) is 0 Å². The number of nitrogens with zero attached hydrogens (tertiary/aromatic N) is 2. The van der Waals surface area contributed by atoms with Crippen molar-refractivity contribution in [2.45, 2.75) is 12.3 Å². The molecule has 2 aliphatic heterocycles. The van der Waals surface area contributed by atoms with Gasteiger partial charge in [-0.25, -0.2) is 8.78 Å². The van der Waals surface area contributed by atoms with Gasteiger partial charge in [0.15, 0.2) is 0 Å². The average Bonchev–Trinajstić information content (AvgIpc) is 2.24. The van der Waals surface area contributed by atoms with Gasteiger partial charge >= 0.3 is 0 Å². The fourth-order valence-corrected chi connectivity index (χ4v) is 2.49. The van der Waals surface area contributed by atoms with Crippen LogP contribution in [0.4, 0.5) is 8.78 Å². The lowest BCUT2D eigenvalue weighted by atomic mass is 9.69. The van der Waals surface area contributed by atoms with E-state index in [9.17, 15) is 18.4 Å². The Labute approximate surface area is 97.9 Å². The van der Waals surface area contributed by atoms with Crippen LogP contribution in [0.2, 0.25) is 0 Å². The minimum absolute atomic E-state index is 0.0531. The molecule has 0 aromatic carbocycles. The van der Waals surface area contributed by atoms with Gasteiger partial charge in [-0.15, -0.1) is 0 Å². The summed E-state index contributed by atoms with van der Waals surface area (Å²) in [6, 6.07) is 0. The number of carbonyl (C=O) groups excluding carboxylic acids is 2. The van der Waals surface area contributed by atoms with Gasteiger partial charge < -0.3 is 9.80 Å². The van der Waals surface area contributed by atoms with Gasteiger partial charge in [0.2, 0.25) is 12.3 Å². The van der Waals surface area contributed by atoms with Crippen LogP contribution in [0.15, 0.2) is 12.7 Å². The van der Waals surface area contributed by atoms with Gasteiger partial charge in [0.05, 0.1) is 12.0 Å². The predicted molar refractivity (Wildman–Crippen MR) is 56.4 cm³/mol. The number of amides is 2. The highest BCUT2D eigenvalue weighted by atomic mass is 19.3. The number of rotatable bonds is 2. The largest absolute Gasteiger partial charge is 0.339 e. The number of hydrogen-bond acceptors (Lipinski definition) is 2. The lowest BCUT2D eigenvalue weighted by Gasteiger charge is -2.56. The standard InChI is InChI=1S/C11H14F2N2O2/c1-2-9(17)15-5-10(6-15)3-4-14(8-16)7-11(10,12)13/h2,8H,1,3-7H2. The fraction of sp³-hybridized carbons (Fsp3) is 0.636. The van der Waals surface area contributed by atoms with E-state index in [4.69, 9.17) is 0 Å². The first-order valence-corrected chi connectivity index (χ1v) is 5.43. The topological polar surface area (TPSA) is 40.6 Å². The maximum atomic E-state index is 13.9. The molecule has 0 unspecified atom stereocenters. The molecule has 2 rings (SSSR count). The molecule has 0 aromatic heterocycles. The van der Waals surface area contributed by atoms with Crippen LogP contribution in [0.1, 0.15) is 6.42 Å². The Bertz CT molecular complexity index is 364. The number of carbonyl (C=O) groups is 2. The fourth-order valence-electron chi connectivity index (χ4n) is 2.49. The van der Waals surface area contributed by atoms with Crippen LogP contribution in [0, 0.1) is 5.41 Å². The van der Waals surface area contributed by atoms with Crippen LogP contribution in [0.25, 0.3) is 0 Å². The smallest absolute Gasteiger partial charge is 0.274 e. The van der Waals surface area contributed by atoms with E-state index in [2.05, 4.69) is 6.58 Å². The quantitative estimate of drug-likeness (QED) is 0.524. The first-order valence-electron chi connectivity index (χ1n) is 5.43. The Morgan fingerprint density at radius 3 is 2.41 bits per heavy atom. The molecule has 2 aliphatic rings. The van der Waals surface area contributed by atoms with E-state index in [0.29, 0.717) is 13.0 Å². The predicted octanol–water partition coefficient (Wildman–Crippen LogP) is 0.498. The molecule has 94 valence electrons. The molecule has 0 atom stereocenters. The Morgan fingerprint density at radius 1 is 1.29 bits per heavy atom. The molecule has 4 nitrogen and oxygen atoms in total. The molecule has 0 radical (unpaired) electrons. The normalized spacial score (nSPS) is 25.3. The summed E-state index contributed by atoms with van der Waals surface area (Å²) in [7, 11) is 0. The summed E-state index contributed by atoms with van der Waals surface area (Å²) >= 11 is 0. The molecule has 17 heavy (non-hydrogen) atoms. The Morgan fingerprint density at radius 2 is 1.94 bits per heavy atom. The van der Waals surface area contributed by atoms with Gasteiger partial charge in [-0.2, -0.15) is 0 Å². The van der Waals surface area contributed by atoms with Gasteiger partial charge in [0.25, 0.3) is 5.92 Å². The van der Waals surface area contributed by atoms with Crippen LogP contribution in [-0.2, 0) is 9.59 Å². The molecule has 0 aromatic rings. The maximum absolute atomic E-state index is 13.9. The zero-order valence-electron chi connectivity index (χ0n) is 9.36. The highest BCUT2D eigenvalue weighted by molar-refractivity contribution is 5.87. The first-order chi connectivity index (χ1) is 7.94. The van der Waals surface area contributed by atoms with E-state index in [1.807, 2.05) is 0 Å². The van der Waals surface area contributed by atoms with Crippen molar-refractivity contribution in [3.8, 4) is 0 Å². The van der Waals surface area contributed by atoms with Crippen molar-refractivity contribution in [2.75, 3.05) is 26.2 Å². The highest BCUT2D eigenvalue weighted by Crippen LogP contribution is 2.49. The van der Waals surface area contributed by atoms with Crippen LogP contribution < -0.4 is 0 Å². The monoisotopic (exact) mass is 244 g/mol. The molecule has 0 aliphatic carbocycles. The molecular weight excluding hydrogens is 230 g/mol. The summed E-state index contributed by atoms with van der Waals surface area (Å²) in [5.41, 5.74) is -1.15. The van der Waals surface area contributed by atoms with Crippen molar-refractivity contribution < 1.29 is 18.4 Å². The Balaban J connectivity index is 2.06. The lowest BCUT2D eigenvalue weighted by molar-refractivity contribution is -0.220. The zero-order chi connectivity index (χ0) is 12.7. The van der Waals surface area contributed by atoms with E-state index in [0.717, 1.165) is 11.0 Å². The summed E-state index contributed by atoms with van der Waals surface area (Å²) in [6.45, 7) is 3.21. The molecule has 0 bridgehead atoms. The van der Waals surface area contributed by atoms with Gasteiger partial charge in [0.1, 0.15) is 0 Å². The number of hydrogen-bond donors (Lipinski definition) is 0. The van der Waals surface area contributed by atoms with Gasteiger partial charge in [-0.1, -0.05) is 6.58 Å². The summed E-state index contributed by atoms with van der Waals surface area (Å²) < 4.78 is 27.8. The second-order valence-electron chi connectivity index (χ2n) is 4.71. The summed E-state index contributed by atoms with van der Waals surface area (Å²) in [5, 5.41) is 0. The summed E-state index contributed by atoms with van der Waals surface area (Å²) in [4.78, 5) is 24.2.